The third-order valence-corrected chi connectivity index (χ3v) is 1.85. The highest BCUT2D eigenvalue weighted by Gasteiger charge is 2.16. The third-order valence-electron chi connectivity index (χ3n) is 1.64. The van der Waals surface area contributed by atoms with Crippen LogP contribution in [0.1, 0.15) is 5.56 Å². The molecule has 0 aliphatic heterocycles. The second-order valence-corrected chi connectivity index (χ2v) is 3.05. The number of carbonyl (C=O) groups is 1. The SMILES string of the molecule is O=C/C=C/c1cc(Cl)cc([N+](=O)[O-])c1O. The lowest BCUT2D eigenvalue weighted by Crippen LogP contribution is -1.90. The highest BCUT2D eigenvalue weighted by molar-refractivity contribution is 6.31. The lowest BCUT2D eigenvalue weighted by atomic mass is 10.1. The van der Waals surface area contributed by atoms with Crippen LogP contribution < -0.4 is 0 Å². The first-order chi connectivity index (χ1) is 7.06. The number of hydrogen-bond donors (Lipinski definition) is 1. The minimum Gasteiger partial charge on any atom is -0.502 e. The molecule has 6 heteroatoms. The molecule has 5 nitrogen and oxygen atoms in total. The first-order valence-electron chi connectivity index (χ1n) is 3.85. The number of allylic oxidation sites excluding steroid dienone is 1. The Bertz CT molecular complexity index is 442. The summed E-state index contributed by atoms with van der Waals surface area (Å²) in [7, 11) is 0. The van der Waals surface area contributed by atoms with Crippen molar-refractivity contribution in [2.45, 2.75) is 0 Å². The number of phenolic OH excluding ortho intramolecular Hbond substituents is 1. The van der Waals surface area contributed by atoms with Gasteiger partial charge in [0.25, 0.3) is 0 Å². The number of nitro benzene ring substituents is 1. The second-order valence-electron chi connectivity index (χ2n) is 2.62. The quantitative estimate of drug-likeness (QED) is 0.371. The van der Waals surface area contributed by atoms with E-state index in [-0.39, 0.29) is 10.6 Å². The van der Waals surface area contributed by atoms with Gasteiger partial charge < -0.3 is 5.11 Å². The summed E-state index contributed by atoms with van der Waals surface area (Å²) in [5.74, 6) is -0.512. The number of nitro groups is 1. The molecule has 1 aromatic carbocycles. The summed E-state index contributed by atoms with van der Waals surface area (Å²) < 4.78 is 0. The van der Waals surface area contributed by atoms with Crippen LogP contribution >= 0.6 is 11.6 Å². The summed E-state index contributed by atoms with van der Waals surface area (Å²) in [6, 6.07) is 2.36. The number of benzene rings is 1. The molecule has 0 unspecified atom stereocenters. The van der Waals surface area contributed by atoms with Crippen molar-refractivity contribution in [1.29, 1.82) is 0 Å². The molecular weight excluding hydrogens is 222 g/mol. The minimum atomic E-state index is -0.751. The first-order valence-corrected chi connectivity index (χ1v) is 4.23. The summed E-state index contributed by atoms with van der Waals surface area (Å²) in [5.41, 5.74) is -0.366. The van der Waals surface area contributed by atoms with Gasteiger partial charge in [-0.25, -0.2) is 0 Å². The van der Waals surface area contributed by atoms with E-state index in [0.29, 0.717) is 6.29 Å². The summed E-state index contributed by atoms with van der Waals surface area (Å²) in [5, 5.41) is 20.1. The fourth-order valence-corrected chi connectivity index (χ4v) is 1.24. The van der Waals surface area contributed by atoms with Crippen molar-refractivity contribution in [1.82, 2.24) is 0 Å². The van der Waals surface area contributed by atoms with Crippen LogP contribution in [0.4, 0.5) is 5.69 Å². The fourth-order valence-electron chi connectivity index (χ4n) is 1.01. The zero-order valence-electron chi connectivity index (χ0n) is 7.38. The molecule has 0 saturated heterocycles. The number of aromatic hydroxyl groups is 1. The van der Waals surface area contributed by atoms with Crippen LogP contribution in [0.2, 0.25) is 5.02 Å². The number of carbonyl (C=O) groups excluding carboxylic acids is 1. The van der Waals surface area contributed by atoms with Crippen LogP contribution in [0.5, 0.6) is 5.75 Å². The van der Waals surface area contributed by atoms with Crippen molar-refractivity contribution in [3.63, 3.8) is 0 Å². The maximum atomic E-state index is 10.5. The molecule has 0 aliphatic carbocycles. The van der Waals surface area contributed by atoms with Crippen molar-refractivity contribution < 1.29 is 14.8 Å². The summed E-state index contributed by atoms with van der Waals surface area (Å²) in [6.45, 7) is 0. The van der Waals surface area contributed by atoms with Crippen LogP contribution in [0.3, 0.4) is 0 Å². The molecule has 15 heavy (non-hydrogen) atoms. The molecule has 0 bridgehead atoms. The molecule has 0 atom stereocenters. The summed E-state index contributed by atoms with van der Waals surface area (Å²) in [4.78, 5) is 19.8. The molecule has 78 valence electrons. The molecule has 1 rings (SSSR count). The molecule has 0 aliphatic rings. The van der Waals surface area contributed by atoms with Gasteiger partial charge in [0.15, 0.2) is 0 Å². The van der Waals surface area contributed by atoms with Gasteiger partial charge >= 0.3 is 5.69 Å². The zero-order valence-corrected chi connectivity index (χ0v) is 8.14. The van der Waals surface area contributed by atoms with Crippen LogP contribution in [0.15, 0.2) is 18.2 Å². The normalized spacial score (nSPS) is 10.5. The minimum absolute atomic E-state index is 0.116. The molecular formula is C9H6ClNO4. The van der Waals surface area contributed by atoms with Crippen molar-refractivity contribution >= 4 is 29.7 Å². The van der Waals surface area contributed by atoms with E-state index < -0.39 is 16.4 Å². The van der Waals surface area contributed by atoms with Crippen molar-refractivity contribution in [2.75, 3.05) is 0 Å². The maximum absolute atomic E-state index is 10.5. The van der Waals surface area contributed by atoms with Crippen molar-refractivity contribution in [3.05, 3.63) is 38.9 Å². The second kappa shape index (κ2) is 4.56. The maximum Gasteiger partial charge on any atom is 0.312 e. The van der Waals surface area contributed by atoms with E-state index in [0.717, 1.165) is 12.1 Å². The predicted octanol–water partition coefficient (Wildman–Crippen LogP) is 2.17. The first kappa shape index (κ1) is 11.2. The van der Waals surface area contributed by atoms with Gasteiger partial charge in [0.05, 0.1) is 4.92 Å². The van der Waals surface area contributed by atoms with Crippen molar-refractivity contribution in [3.8, 4) is 5.75 Å². The number of aldehydes is 1. The molecule has 0 amide bonds. The topological polar surface area (TPSA) is 80.4 Å². The van der Waals surface area contributed by atoms with Crippen LogP contribution in [0, 0.1) is 10.1 Å². The highest BCUT2D eigenvalue weighted by atomic mass is 35.5. The largest absolute Gasteiger partial charge is 0.502 e. The lowest BCUT2D eigenvalue weighted by Gasteiger charge is -2.00. The van der Waals surface area contributed by atoms with E-state index in [1.165, 1.54) is 12.1 Å². The summed E-state index contributed by atoms with van der Waals surface area (Å²) in [6.07, 6.45) is 2.84. The van der Waals surface area contributed by atoms with Crippen LogP contribution in [0.25, 0.3) is 6.08 Å². The third kappa shape index (κ3) is 2.54. The highest BCUT2D eigenvalue weighted by Crippen LogP contribution is 2.33. The van der Waals surface area contributed by atoms with Gasteiger partial charge in [0.2, 0.25) is 5.75 Å². The smallest absolute Gasteiger partial charge is 0.312 e. The number of rotatable bonds is 3. The Kier molecular flexibility index (Phi) is 3.41. The van der Waals surface area contributed by atoms with Gasteiger partial charge in [0, 0.05) is 16.7 Å². The standard InChI is InChI=1S/C9H6ClNO4/c10-7-4-6(2-1-3-12)9(13)8(5-7)11(14)15/h1-5,13H/b2-1+. The molecule has 0 saturated carbocycles. The Morgan fingerprint density at radius 1 is 1.47 bits per heavy atom. The van der Waals surface area contributed by atoms with E-state index in [4.69, 9.17) is 11.6 Å². The molecule has 1 aromatic rings. The van der Waals surface area contributed by atoms with Crippen LogP contribution in [-0.2, 0) is 4.79 Å². The average molecular weight is 228 g/mol. The van der Waals surface area contributed by atoms with E-state index in [9.17, 15) is 20.0 Å². The summed E-state index contributed by atoms with van der Waals surface area (Å²) >= 11 is 5.61. The Morgan fingerprint density at radius 2 is 2.13 bits per heavy atom. The molecule has 0 spiro atoms. The molecule has 0 radical (unpaired) electrons. The van der Waals surface area contributed by atoms with Gasteiger partial charge in [-0.2, -0.15) is 0 Å². The van der Waals surface area contributed by atoms with E-state index >= 15 is 0 Å². The number of halogens is 1. The van der Waals surface area contributed by atoms with Gasteiger partial charge in [0.1, 0.15) is 6.29 Å². The molecule has 0 aromatic heterocycles. The van der Waals surface area contributed by atoms with E-state index in [2.05, 4.69) is 0 Å². The van der Waals surface area contributed by atoms with Crippen LogP contribution in [-0.4, -0.2) is 16.3 Å². The predicted molar refractivity (Wildman–Crippen MR) is 54.9 cm³/mol. The fraction of sp³-hybridized carbons (Fsp3) is 0. The molecule has 0 heterocycles. The van der Waals surface area contributed by atoms with Crippen molar-refractivity contribution in [2.24, 2.45) is 0 Å². The number of nitrogens with zero attached hydrogens (tertiary/aromatic N) is 1. The van der Waals surface area contributed by atoms with Gasteiger partial charge in [-0.05, 0) is 18.2 Å². The number of hydrogen-bond acceptors (Lipinski definition) is 4. The Hall–Kier alpha value is -1.88. The Morgan fingerprint density at radius 3 is 2.67 bits per heavy atom. The number of phenols is 1. The van der Waals surface area contributed by atoms with E-state index in [1.807, 2.05) is 0 Å². The van der Waals surface area contributed by atoms with Gasteiger partial charge in [-0.1, -0.05) is 11.6 Å². The molecule has 1 N–H and O–H groups in total. The average Bonchev–Trinajstić information content (AvgIpc) is 2.18. The lowest BCUT2D eigenvalue weighted by molar-refractivity contribution is -0.385. The monoisotopic (exact) mass is 227 g/mol. The zero-order chi connectivity index (χ0) is 11.4. The van der Waals surface area contributed by atoms with Gasteiger partial charge in [-0.3, -0.25) is 14.9 Å². The Labute approximate surface area is 89.7 Å². The molecule has 0 fully saturated rings. The Balaban J connectivity index is 3.34. The van der Waals surface area contributed by atoms with E-state index in [1.54, 1.807) is 0 Å². The van der Waals surface area contributed by atoms with Gasteiger partial charge in [-0.15, -0.1) is 0 Å².